The molecule has 0 aromatic heterocycles. The second kappa shape index (κ2) is 5.96. The number of amides is 1. The second-order valence-corrected chi connectivity index (χ2v) is 5.32. The summed E-state index contributed by atoms with van der Waals surface area (Å²) in [6.45, 7) is 1.34. The van der Waals surface area contributed by atoms with Crippen LogP contribution in [0.3, 0.4) is 0 Å². The minimum Gasteiger partial charge on any atom is -0.484 e. The van der Waals surface area contributed by atoms with E-state index in [1.807, 2.05) is 0 Å². The van der Waals surface area contributed by atoms with Gasteiger partial charge in [0.1, 0.15) is 11.3 Å². The predicted octanol–water partition coefficient (Wildman–Crippen LogP) is 2.17. The van der Waals surface area contributed by atoms with Gasteiger partial charge in [-0.25, -0.2) is 0 Å². The molecule has 5 nitrogen and oxygen atoms in total. The fourth-order valence-corrected chi connectivity index (χ4v) is 2.32. The highest BCUT2D eigenvalue weighted by Crippen LogP contribution is 2.36. The van der Waals surface area contributed by atoms with Crippen LogP contribution in [0.25, 0.3) is 0 Å². The molecule has 1 amide bonds. The van der Waals surface area contributed by atoms with E-state index in [0.717, 1.165) is 6.42 Å². The third-order valence-electron chi connectivity index (χ3n) is 4.01. The van der Waals surface area contributed by atoms with Crippen LogP contribution in [-0.2, 0) is 4.79 Å². The maximum absolute atomic E-state index is 12.1. The molecular formula is C16H18N2O3. The standard InChI is InChI=1S/C16H18N2O3/c1-12(19)13-5-3-6-14(9-13)21-10-15(20)18(2)16(11-17)7-4-8-16/h3,5-6,9H,4,7-8,10H2,1-2H3. The predicted molar refractivity (Wildman–Crippen MR) is 76.9 cm³/mol. The number of hydrogen-bond donors (Lipinski definition) is 0. The third-order valence-corrected chi connectivity index (χ3v) is 4.01. The zero-order valence-electron chi connectivity index (χ0n) is 12.3. The van der Waals surface area contributed by atoms with Gasteiger partial charge in [-0.1, -0.05) is 12.1 Å². The Morgan fingerprint density at radius 1 is 1.43 bits per heavy atom. The van der Waals surface area contributed by atoms with Crippen LogP contribution in [0.1, 0.15) is 36.5 Å². The first-order valence-corrected chi connectivity index (χ1v) is 6.90. The van der Waals surface area contributed by atoms with Crippen molar-refractivity contribution in [3.05, 3.63) is 29.8 Å². The van der Waals surface area contributed by atoms with Gasteiger partial charge in [-0.05, 0) is 38.3 Å². The maximum atomic E-state index is 12.1. The molecule has 0 bridgehead atoms. The van der Waals surface area contributed by atoms with Gasteiger partial charge in [-0.15, -0.1) is 0 Å². The zero-order valence-corrected chi connectivity index (χ0v) is 12.3. The van der Waals surface area contributed by atoms with Crippen molar-refractivity contribution in [1.82, 2.24) is 4.90 Å². The Labute approximate surface area is 124 Å². The van der Waals surface area contributed by atoms with Crippen molar-refractivity contribution in [2.24, 2.45) is 0 Å². The molecule has 0 saturated heterocycles. The summed E-state index contributed by atoms with van der Waals surface area (Å²) in [6, 6.07) is 8.94. The summed E-state index contributed by atoms with van der Waals surface area (Å²) >= 11 is 0. The topological polar surface area (TPSA) is 70.4 Å². The molecule has 2 rings (SSSR count). The van der Waals surface area contributed by atoms with E-state index in [0.29, 0.717) is 24.2 Å². The molecular weight excluding hydrogens is 268 g/mol. The van der Waals surface area contributed by atoms with E-state index in [1.54, 1.807) is 31.3 Å². The van der Waals surface area contributed by atoms with E-state index in [9.17, 15) is 14.9 Å². The SMILES string of the molecule is CC(=O)c1cccc(OCC(=O)N(C)C2(C#N)CCC2)c1. The molecule has 0 radical (unpaired) electrons. The summed E-state index contributed by atoms with van der Waals surface area (Å²) in [6.07, 6.45) is 2.39. The van der Waals surface area contributed by atoms with E-state index < -0.39 is 5.54 Å². The molecule has 1 aliphatic carbocycles. The lowest BCUT2D eigenvalue weighted by atomic mass is 9.77. The van der Waals surface area contributed by atoms with Crippen LogP contribution in [0.4, 0.5) is 0 Å². The molecule has 1 saturated carbocycles. The van der Waals surface area contributed by atoms with Gasteiger partial charge >= 0.3 is 0 Å². The number of nitriles is 1. The van der Waals surface area contributed by atoms with Gasteiger partial charge in [0.2, 0.25) is 0 Å². The number of carbonyl (C=O) groups excluding carboxylic acids is 2. The molecule has 0 atom stereocenters. The van der Waals surface area contributed by atoms with Gasteiger partial charge in [-0.3, -0.25) is 9.59 Å². The smallest absolute Gasteiger partial charge is 0.261 e. The summed E-state index contributed by atoms with van der Waals surface area (Å²) in [4.78, 5) is 24.9. The van der Waals surface area contributed by atoms with E-state index in [-0.39, 0.29) is 18.3 Å². The van der Waals surface area contributed by atoms with Gasteiger partial charge < -0.3 is 9.64 Å². The molecule has 0 N–H and O–H groups in total. The van der Waals surface area contributed by atoms with Gasteiger partial charge in [0.05, 0.1) is 6.07 Å². The van der Waals surface area contributed by atoms with E-state index >= 15 is 0 Å². The molecule has 1 aromatic carbocycles. The van der Waals surface area contributed by atoms with Crippen molar-refractivity contribution in [3.8, 4) is 11.8 Å². The Morgan fingerprint density at radius 3 is 2.67 bits per heavy atom. The lowest BCUT2D eigenvalue weighted by Gasteiger charge is -2.42. The number of Topliss-reactive ketones (excluding diaryl/α,β-unsaturated/α-hetero) is 1. The molecule has 21 heavy (non-hydrogen) atoms. The number of likely N-dealkylation sites (N-methyl/N-ethyl adjacent to an activating group) is 1. The fraction of sp³-hybridized carbons (Fsp3) is 0.438. The van der Waals surface area contributed by atoms with Gasteiger partial charge in [0, 0.05) is 12.6 Å². The highest BCUT2D eigenvalue weighted by atomic mass is 16.5. The number of ether oxygens (including phenoxy) is 1. The lowest BCUT2D eigenvalue weighted by molar-refractivity contribution is -0.138. The highest BCUT2D eigenvalue weighted by Gasteiger charge is 2.43. The minimum atomic E-state index is -0.665. The van der Waals surface area contributed by atoms with Crippen LogP contribution in [0.5, 0.6) is 5.75 Å². The van der Waals surface area contributed by atoms with E-state index in [2.05, 4.69) is 6.07 Å². The Balaban J connectivity index is 1.97. The van der Waals surface area contributed by atoms with Crippen molar-refractivity contribution in [2.75, 3.05) is 13.7 Å². The number of carbonyl (C=O) groups is 2. The van der Waals surface area contributed by atoms with Crippen molar-refractivity contribution in [3.63, 3.8) is 0 Å². The molecule has 0 spiro atoms. The zero-order chi connectivity index (χ0) is 15.5. The summed E-state index contributed by atoms with van der Waals surface area (Å²) in [5, 5.41) is 9.22. The summed E-state index contributed by atoms with van der Waals surface area (Å²) in [7, 11) is 1.64. The highest BCUT2D eigenvalue weighted by molar-refractivity contribution is 5.94. The molecule has 0 unspecified atom stereocenters. The normalized spacial score (nSPS) is 15.5. The van der Waals surface area contributed by atoms with Crippen molar-refractivity contribution < 1.29 is 14.3 Å². The first-order valence-electron chi connectivity index (χ1n) is 6.90. The van der Waals surface area contributed by atoms with Crippen LogP contribution in [0.2, 0.25) is 0 Å². The Hall–Kier alpha value is -2.35. The molecule has 110 valence electrons. The Kier molecular flexibility index (Phi) is 4.27. The van der Waals surface area contributed by atoms with Crippen molar-refractivity contribution in [1.29, 1.82) is 5.26 Å². The van der Waals surface area contributed by atoms with E-state index in [1.165, 1.54) is 11.8 Å². The van der Waals surface area contributed by atoms with Crippen molar-refractivity contribution in [2.45, 2.75) is 31.7 Å². The first kappa shape index (κ1) is 15.0. The van der Waals surface area contributed by atoms with Gasteiger partial charge in [0.15, 0.2) is 12.4 Å². The number of ketones is 1. The largest absolute Gasteiger partial charge is 0.484 e. The van der Waals surface area contributed by atoms with Crippen LogP contribution < -0.4 is 4.74 Å². The van der Waals surface area contributed by atoms with Crippen LogP contribution >= 0.6 is 0 Å². The second-order valence-electron chi connectivity index (χ2n) is 5.32. The molecule has 0 aliphatic heterocycles. The minimum absolute atomic E-state index is 0.0539. The lowest BCUT2D eigenvalue weighted by Crippen LogP contribution is -2.54. The van der Waals surface area contributed by atoms with Gasteiger partial charge in [-0.2, -0.15) is 5.26 Å². The monoisotopic (exact) mass is 286 g/mol. The third kappa shape index (κ3) is 3.05. The molecule has 0 heterocycles. The van der Waals surface area contributed by atoms with Crippen LogP contribution in [-0.4, -0.2) is 35.8 Å². The first-order chi connectivity index (χ1) is 9.98. The number of hydrogen-bond acceptors (Lipinski definition) is 4. The summed E-state index contributed by atoms with van der Waals surface area (Å²) in [5.41, 5.74) is -0.123. The average Bonchev–Trinajstić information content (AvgIpc) is 2.44. The number of benzene rings is 1. The quantitative estimate of drug-likeness (QED) is 0.778. The number of nitrogens with zero attached hydrogens (tertiary/aromatic N) is 2. The van der Waals surface area contributed by atoms with E-state index in [4.69, 9.17) is 4.74 Å². The van der Waals surface area contributed by atoms with Crippen molar-refractivity contribution >= 4 is 11.7 Å². The molecule has 1 fully saturated rings. The fourth-order valence-electron chi connectivity index (χ4n) is 2.32. The summed E-state index contributed by atoms with van der Waals surface area (Å²) in [5.74, 6) is 0.190. The molecule has 1 aromatic rings. The number of rotatable bonds is 5. The van der Waals surface area contributed by atoms with Crippen LogP contribution in [0, 0.1) is 11.3 Å². The Morgan fingerprint density at radius 2 is 2.14 bits per heavy atom. The van der Waals surface area contributed by atoms with Gasteiger partial charge in [0.25, 0.3) is 5.91 Å². The van der Waals surface area contributed by atoms with Crippen LogP contribution in [0.15, 0.2) is 24.3 Å². The molecule has 1 aliphatic rings. The maximum Gasteiger partial charge on any atom is 0.261 e. The summed E-state index contributed by atoms with van der Waals surface area (Å²) < 4.78 is 5.44. The average molecular weight is 286 g/mol. The molecule has 5 heteroatoms. The Bertz CT molecular complexity index is 600.